The van der Waals surface area contributed by atoms with Crippen LogP contribution in [-0.4, -0.2) is 41.0 Å². The first kappa shape index (κ1) is 15.0. The molecule has 0 radical (unpaired) electrons. The van der Waals surface area contributed by atoms with Gasteiger partial charge in [0.25, 0.3) is 0 Å². The van der Waals surface area contributed by atoms with Gasteiger partial charge in [-0.1, -0.05) is 18.2 Å². The molecule has 0 saturated carbocycles. The van der Waals surface area contributed by atoms with Gasteiger partial charge >= 0.3 is 0 Å². The van der Waals surface area contributed by atoms with Crippen molar-refractivity contribution in [1.82, 2.24) is 9.78 Å². The lowest BCUT2D eigenvalue weighted by atomic mass is 9.97. The van der Waals surface area contributed by atoms with Crippen LogP contribution in [0.2, 0.25) is 0 Å². The van der Waals surface area contributed by atoms with E-state index in [1.165, 1.54) is 14.2 Å². The average molecular weight is 278 g/mol. The van der Waals surface area contributed by atoms with Crippen LogP contribution in [0.1, 0.15) is 19.5 Å². The molecule has 1 heterocycles. The van der Waals surface area contributed by atoms with Gasteiger partial charge in [0.1, 0.15) is 5.60 Å². The number of aliphatic hydroxyl groups is 1. The molecule has 0 amide bonds. The fraction of sp³-hybridized carbons (Fsp3) is 0.533. The Morgan fingerprint density at radius 1 is 1.30 bits per heavy atom. The molecule has 1 unspecified atom stereocenters. The molecule has 1 aromatic heterocycles. The van der Waals surface area contributed by atoms with Gasteiger partial charge in [-0.25, -0.2) is 0 Å². The van der Waals surface area contributed by atoms with E-state index in [1.807, 2.05) is 28.9 Å². The molecule has 0 fully saturated rings. The van der Waals surface area contributed by atoms with Crippen molar-refractivity contribution in [3.63, 3.8) is 0 Å². The van der Waals surface area contributed by atoms with E-state index in [2.05, 4.69) is 12.0 Å². The van der Waals surface area contributed by atoms with Gasteiger partial charge in [-0.15, -0.1) is 0 Å². The molecule has 1 N–H and O–H groups in total. The van der Waals surface area contributed by atoms with Crippen LogP contribution in [0.3, 0.4) is 0 Å². The Morgan fingerprint density at radius 2 is 1.95 bits per heavy atom. The van der Waals surface area contributed by atoms with E-state index >= 15 is 0 Å². The molecule has 0 bridgehead atoms. The fourth-order valence-electron chi connectivity index (χ4n) is 2.59. The Bertz CT molecular complexity index is 574. The molecule has 0 aliphatic rings. The maximum Gasteiger partial charge on any atom is 0.185 e. The molecule has 1 aromatic carbocycles. The molecule has 20 heavy (non-hydrogen) atoms. The van der Waals surface area contributed by atoms with Crippen LogP contribution in [0.15, 0.2) is 24.3 Å². The van der Waals surface area contributed by atoms with Gasteiger partial charge in [0.2, 0.25) is 0 Å². The SMILES string of the molecule is CCn1nc(CC(C)(O)C(OC)OC)c2ccccc21. The number of aryl methyl sites for hydroxylation is 1. The quantitative estimate of drug-likeness (QED) is 0.821. The van der Waals surface area contributed by atoms with E-state index < -0.39 is 11.9 Å². The normalized spacial score (nSPS) is 14.9. The molecule has 5 nitrogen and oxygen atoms in total. The molecule has 2 rings (SSSR count). The summed E-state index contributed by atoms with van der Waals surface area (Å²) >= 11 is 0. The van der Waals surface area contributed by atoms with Gasteiger partial charge in [0.05, 0.1) is 11.2 Å². The Hall–Kier alpha value is -1.43. The van der Waals surface area contributed by atoms with Crippen LogP contribution in [0.5, 0.6) is 0 Å². The zero-order chi connectivity index (χ0) is 14.8. The average Bonchev–Trinajstić information content (AvgIpc) is 2.77. The highest BCUT2D eigenvalue weighted by molar-refractivity contribution is 5.82. The molecule has 1 atom stereocenters. The monoisotopic (exact) mass is 278 g/mol. The van der Waals surface area contributed by atoms with Gasteiger partial charge in [-0.3, -0.25) is 4.68 Å². The summed E-state index contributed by atoms with van der Waals surface area (Å²) in [6.45, 7) is 4.54. The minimum absolute atomic E-state index is 0.368. The number of methoxy groups -OCH3 is 2. The highest BCUT2D eigenvalue weighted by atomic mass is 16.7. The van der Waals surface area contributed by atoms with Crippen LogP contribution in [0.25, 0.3) is 10.9 Å². The van der Waals surface area contributed by atoms with E-state index in [0.29, 0.717) is 6.42 Å². The third-order valence-corrected chi connectivity index (χ3v) is 3.50. The van der Waals surface area contributed by atoms with E-state index in [1.54, 1.807) is 6.92 Å². The Morgan fingerprint density at radius 3 is 2.55 bits per heavy atom. The van der Waals surface area contributed by atoms with E-state index in [4.69, 9.17) is 9.47 Å². The van der Waals surface area contributed by atoms with Crippen molar-refractivity contribution in [2.45, 2.75) is 38.7 Å². The van der Waals surface area contributed by atoms with Crippen LogP contribution < -0.4 is 0 Å². The Labute approximate surface area is 119 Å². The molecule has 0 aliphatic carbocycles. The van der Waals surface area contributed by atoms with Gasteiger partial charge in [0.15, 0.2) is 6.29 Å². The van der Waals surface area contributed by atoms with Crippen LogP contribution >= 0.6 is 0 Å². The van der Waals surface area contributed by atoms with Gasteiger partial charge < -0.3 is 14.6 Å². The first-order valence-electron chi connectivity index (χ1n) is 6.76. The van der Waals surface area contributed by atoms with Crippen molar-refractivity contribution in [3.8, 4) is 0 Å². The number of hydrogen-bond donors (Lipinski definition) is 1. The number of aromatic nitrogens is 2. The van der Waals surface area contributed by atoms with E-state index in [9.17, 15) is 5.11 Å². The van der Waals surface area contributed by atoms with Crippen molar-refractivity contribution < 1.29 is 14.6 Å². The first-order chi connectivity index (χ1) is 9.53. The summed E-state index contributed by atoms with van der Waals surface area (Å²) in [5.41, 5.74) is 0.790. The second-order valence-corrected chi connectivity index (χ2v) is 5.12. The van der Waals surface area contributed by atoms with E-state index in [0.717, 1.165) is 23.1 Å². The lowest BCUT2D eigenvalue weighted by molar-refractivity contribution is -0.207. The fourth-order valence-corrected chi connectivity index (χ4v) is 2.59. The molecule has 0 saturated heterocycles. The van der Waals surface area contributed by atoms with Crippen molar-refractivity contribution >= 4 is 10.9 Å². The second kappa shape index (κ2) is 5.91. The standard InChI is InChI=1S/C15H22N2O3/c1-5-17-13-9-7-6-8-11(13)12(16-17)10-15(2,18)14(19-3)20-4/h6-9,14,18H,5,10H2,1-4H3. The second-order valence-electron chi connectivity index (χ2n) is 5.12. The molecular formula is C15H22N2O3. The summed E-state index contributed by atoms with van der Waals surface area (Å²) in [5.74, 6) is 0. The molecular weight excluding hydrogens is 256 g/mol. The highest BCUT2D eigenvalue weighted by Gasteiger charge is 2.34. The molecule has 0 aliphatic heterocycles. The smallest absolute Gasteiger partial charge is 0.185 e. The number of fused-ring (bicyclic) bond motifs is 1. The summed E-state index contributed by atoms with van der Waals surface area (Å²) in [4.78, 5) is 0. The zero-order valence-electron chi connectivity index (χ0n) is 12.5. The molecule has 0 spiro atoms. The predicted octanol–water partition coefficient (Wildman–Crippen LogP) is 1.97. The number of ether oxygens (including phenoxy) is 2. The van der Waals surface area contributed by atoms with Gasteiger partial charge in [0, 0.05) is 32.6 Å². The lowest BCUT2D eigenvalue weighted by Crippen LogP contribution is -2.44. The van der Waals surface area contributed by atoms with Crippen molar-refractivity contribution in [1.29, 1.82) is 0 Å². The molecule has 5 heteroatoms. The lowest BCUT2D eigenvalue weighted by Gasteiger charge is -2.29. The highest BCUT2D eigenvalue weighted by Crippen LogP contribution is 2.25. The van der Waals surface area contributed by atoms with Crippen molar-refractivity contribution in [3.05, 3.63) is 30.0 Å². The first-order valence-corrected chi connectivity index (χ1v) is 6.76. The zero-order valence-corrected chi connectivity index (χ0v) is 12.5. The maximum absolute atomic E-state index is 10.6. The molecule has 110 valence electrons. The number of rotatable bonds is 6. The predicted molar refractivity (Wildman–Crippen MR) is 77.5 cm³/mol. The summed E-state index contributed by atoms with van der Waals surface area (Å²) in [6.07, 6.45) is -0.319. The minimum Gasteiger partial charge on any atom is -0.384 e. The Kier molecular flexibility index (Phi) is 4.42. The minimum atomic E-state index is -1.14. The third-order valence-electron chi connectivity index (χ3n) is 3.50. The summed E-state index contributed by atoms with van der Waals surface area (Å²) in [7, 11) is 3.04. The van der Waals surface area contributed by atoms with Crippen LogP contribution in [0.4, 0.5) is 0 Å². The topological polar surface area (TPSA) is 56.5 Å². The summed E-state index contributed by atoms with van der Waals surface area (Å²) in [6, 6.07) is 8.03. The summed E-state index contributed by atoms with van der Waals surface area (Å²) < 4.78 is 12.3. The van der Waals surface area contributed by atoms with Crippen molar-refractivity contribution in [2.24, 2.45) is 0 Å². The van der Waals surface area contributed by atoms with Crippen molar-refractivity contribution in [2.75, 3.05) is 14.2 Å². The number of hydrogen-bond acceptors (Lipinski definition) is 4. The Balaban J connectivity index is 2.39. The number of para-hydroxylation sites is 1. The van der Waals surface area contributed by atoms with Crippen LogP contribution in [0, 0.1) is 0 Å². The van der Waals surface area contributed by atoms with Gasteiger partial charge in [-0.05, 0) is 19.9 Å². The number of nitrogens with zero attached hydrogens (tertiary/aromatic N) is 2. The van der Waals surface area contributed by atoms with E-state index in [-0.39, 0.29) is 0 Å². The van der Waals surface area contributed by atoms with Gasteiger partial charge in [-0.2, -0.15) is 5.10 Å². The third kappa shape index (κ3) is 2.70. The molecule has 2 aromatic rings. The van der Waals surface area contributed by atoms with Crippen LogP contribution in [-0.2, 0) is 22.4 Å². The number of benzene rings is 1. The largest absolute Gasteiger partial charge is 0.384 e. The summed E-state index contributed by atoms with van der Waals surface area (Å²) in [5, 5.41) is 16.2. The maximum atomic E-state index is 10.6.